The first-order valence-corrected chi connectivity index (χ1v) is 8.50. The van der Waals surface area contributed by atoms with Gasteiger partial charge in [0.2, 0.25) is 0 Å². The van der Waals surface area contributed by atoms with Crippen molar-refractivity contribution in [2.24, 2.45) is 7.05 Å². The molecule has 1 amide bonds. The molecule has 3 rings (SSSR count). The van der Waals surface area contributed by atoms with E-state index in [1.165, 1.54) is 7.11 Å². The average molecular weight is 381 g/mol. The normalized spacial score (nSPS) is 10.4. The van der Waals surface area contributed by atoms with Crippen molar-refractivity contribution in [3.8, 4) is 28.6 Å². The molecule has 0 unspecified atom stereocenters. The van der Waals surface area contributed by atoms with E-state index in [0.29, 0.717) is 40.7 Å². The van der Waals surface area contributed by atoms with Crippen molar-refractivity contribution in [2.45, 2.75) is 6.54 Å². The van der Waals surface area contributed by atoms with E-state index < -0.39 is 0 Å². The summed E-state index contributed by atoms with van der Waals surface area (Å²) in [7, 11) is 6.47. The van der Waals surface area contributed by atoms with Crippen LogP contribution in [0.2, 0.25) is 0 Å². The van der Waals surface area contributed by atoms with E-state index in [1.54, 1.807) is 50.5 Å². The second-order valence-electron chi connectivity index (χ2n) is 5.93. The van der Waals surface area contributed by atoms with Gasteiger partial charge in [-0.15, -0.1) is 0 Å². The fraction of sp³-hybridized carbons (Fsp3) is 0.250. The molecule has 0 bridgehead atoms. The molecule has 0 spiro atoms. The van der Waals surface area contributed by atoms with Gasteiger partial charge in [-0.2, -0.15) is 5.10 Å². The van der Waals surface area contributed by atoms with E-state index in [1.807, 2.05) is 12.1 Å². The van der Waals surface area contributed by atoms with Crippen molar-refractivity contribution in [1.82, 2.24) is 20.1 Å². The van der Waals surface area contributed by atoms with Gasteiger partial charge in [-0.3, -0.25) is 9.48 Å². The van der Waals surface area contributed by atoms with Crippen molar-refractivity contribution in [2.75, 3.05) is 21.3 Å². The summed E-state index contributed by atoms with van der Waals surface area (Å²) in [6.45, 7) is 0.297. The van der Waals surface area contributed by atoms with Crippen molar-refractivity contribution >= 4 is 5.91 Å². The molecule has 1 heterocycles. The zero-order valence-corrected chi connectivity index (χ0v) is 16.1. The third-order valence-electron chi connectivity index (χ3n) is 4.15. The standard InChI is InChI=1S/C20H21N4O4/c1-24-12-22-19(23-24)16-8-6-13(9-18(16)28-4)20(25)21-11-14-5-7-15(26-2)10-17(14)27-3/h5,7-10,12H,11H2,1-4H3,(H,21,25). The van der Waals surface area contributed by atoms with Crippen molar-refractivity contribution in [3.05, 3.63) is 53.9 Å². The third-order valence-corrected chi connectivity index (χ3v) is 4.15. The highest BCUT2D eigenvalue weighted by Gasteiger charge is 2.15. The molecule has 1 radical (unpaired) electrons. The zero-order chi connectivity index (χ0) is 20.1. The number of ether oxygens (including phenoxy) is 3. The predicted octanol–water partition coefficient (Wildman–Crippen LogP) is 2.24. The van der Waals surface area contributed by atoms with E-state index in [4.69, 9.17) is 14.2 Å². The molecule has 0 saturated heterocycles. The fourth-order valence-corrected chi connectivity index (χ4v) is 2.68. The Balaban J connectivity index is 1.76. The summed E-state index contributed by atoms with van der Waals surface area (Å²) in [5.74, 6) is 2.04. The summed E-state index contributed by atoms with van der Waals surface area (Å²) in [5, 5.41) is 7.11. The molecule has 0 aliphatic heterocycles. The molecule has 3 aromatic rings. The minimum Gasteiger partial charge on any atom is -0.497 e. The number of methoxy groups -OCH3 is 3. The third kappa shape index (κ3) is 4.06. The number of rotatable bonds is 7. The number of carbonyl (C=O) groups excluding carboxylic acids is 1. The van der Waals surface area contributed by atoms with Crippen LogP contribution >= 0.6 is 0 Å². The van der Waals surface area contributed by atoms with Crippen molar-refractivity contribution in [1.29, 1.82) is 0 Å². The fourth-order valence-electron chi connectivity index (χ4n) is 2.68. The summed E-state index contributed by atoms with van der Waals surface area (Å²) in [5.41, 5.74) is 1.85. The number of nitrogens with one attached hydrogen (secondary N) is 1. The van der Waals surface area contributed by atoms with Crippen LogP contribution in [0.1, 0.15) is 15.9 Å². The van der Waals surface area contributed by atoms with E-state index in [2.05, 4.69) is 21.5 Å². The van der Waals surface area contributed by atoms with Crippen LogP contribution in [0.4, 0.5) is 0 Å². The van der Waals surface area contributed by atoms with Crippen LogP contribution in [0.15, 0.2) is 36.7 Å². The van der Waals surface area contributed by atoms with Crippen LogP contribution in [-0.4, -0.2) is 42.0 Å². The zero-order valence-electron chi connectivity index (χ0n) is 16.1. The van der Waals surface area contributed by atoms with E-state index in [-0.39, 0.29) is 5.91 Å². The summed E-state index contributed by atoms with van der Waals surface area (Å²) in [6, 6.07) is 11.7. The van der Waals surface area contributed by atoms with Crippen LogP contribution < -0.4 is 19.5 Å². The lowest BCUT2D eigenvalue weighted by Crippen LogP contribution is -2.23. The highest BCUT2D eigenvalue weighted by Crippen LogP contribution is 2.28. The lowest BCUT2D eigenvalue weighted by Gasteiger charge is -2.12. The van der Waals surface area contributed by atoms with Gasteiger partial charge in [0.15, 0.2) is 5.82 Å². The molecule has 0 saturated carbocycles. The number of aromatic nitrogens is 3. The number of benzene rings is 2. The largest absolute Gasteiger partial charge is 0.497 e. The molecular formula is C20H21N4O4. The van der Waals surface area contributed by atoms with Gasteiger partial charge in [0.05, 0.1) is 32.5 Å². The lowest BCUT2D eigenvalue weighted by molar-refractivity contribution is 0.0950. The number of nitrogens with zero attached hydrogens (tertiary/aromatic N) is 3. The number of hydrogen-bond acceptors (Lipinski definition) is 6. The van der Waals surface area contributed by atoms with E-state index in [9.17, 15) is 4.79 Å². The van der Waals surface area contributed by atoms with Crippen LogP contribution in [0.5, 0.6) is 17.2 Å². The first-order valence-electron chi connectivity index (χ1n) is 8.50. The monoisotopic (exact) mass is 381 g/mol. The smallest absolute Gasteiger partial charge is 0.252 e. The number of hydrogen-bond donors (Lipinski definition) is 1. The van der Waals surface area contributed by atoms with Gasteiger partial charge in [-0.05, 0) is 30.3 Å². The number of aryl methyl sites for hydroxylation is 1. The molecule has 28 heavy (non-hydrogen) atoms. The summed E-state index contributed by atoms with van der Waals surface area (Å²) in [6.07, 6.45) is 1.59. The molecule has 0 fully saturated rings. The Morgan fingerprint density at radius 2 is 1.93 bits per heavy atom. The second kappa shape index (κ2) is 8.43. The quantitative estimate of drug-likeness (QED) is 0.675. The average Bonchev–Trinajstić information content (AvgIpc) is 3.17. The molecule has 8 nitrogen and oxygen atoms in total. The number of amides is 1. The SMILES string of the molecule is COc1ccc(CNC(=O)c2[c]cc(-c3ncn(C)n3)c(OC)c2)c(OC)c1. The summed E-state index contributed by atoms with van der Waals surface area (Å²) >= 11 is 0. The van der Waals surface area contributed by atoms with Gasteiger partial charge in [0.1, 0.15) is 23.6 Å². The molecule has 0 aliphatic carbocycles. The molecule has 1 N–H and O–H groups in total. The molecule has 2 aromatic carbocycles. The minimum atomic E-state index is -0.281. The Bertz CT molecular complexity index is 984. The van der Waals surface area contributed by atoms with Crippen molar-refractivity contribution in [3.63, 3.8) is 0 Å². The van der Waals surface area contributed by atoms with Gasteiger partial charge in [0.25, 0.3) is 5.91 Å². The maximum atomic E-state index is 12.6. The van der Waals surface area contributed by atoms with Gasteiger partial charge < -0.3 is 19.5 Å². The Labute approximate surface area is 163 Å². The van der Waals surface area contributed by atoms with Crippen LogP contribution in [0.25, 0.3) is 11.4 Å². The van der Waals surface area contributed by atoms with Gasteiger partial charge >= 0.3 is 0 Å². The molecule has 0 aliphatic rings. The first kappa shape index (κ1) is 19.2. The van der Waals surface area contributed by atoms with Gasteiger partial charge in [-0.1, -0.05) is 0 Å². The van der Waals surface area contributed by atoms with Crippen LogP contribution in [0.3, 0.4) is 0 Å². The highest BCUT2D eigenvalue weighted by molar-refractivity contribution is 5.95. The van der Waals surface area contributed by atoms with Gasteiger partial charge in [-0.25, -0.2) is 4.98 Å². The molecule has 0 atom stereocenters. The molecule has 1 aromatic heterocycles. The second-order valence-corrected chi connectivity index (χ2v) is 5.93. The maximum absolute atomic E-state index is 12.6. The van der Waals surface area contributed by atoms with E-state index >= 15 is 0 Å². The Hall–Kier alpha value is -3.55. The Morgan fingerprint density at radius 3 is 2.57 bits per heavy atom. The highest BCUT2D eigenvalue weighted by atomic mass is 16.5. The Morgan fingerprint density at radius 1 is 1.14 bits per heavy atom. The van der Waals surface area contributed by atoms with E-state index in [0.717, 1.165) is 5.56 Å². The minimum absolute atomic E-state index is 0.281. The number of carbonyl (C=O) groups is 1. The molecular weight excluding hydrogens is 360 g/mol. The summed E-state index contributed by atoms with van der Waals surface area (Å²) in [4.78, 5) is 16.8. The Kier molecular flexibility index (Phi) is 5.78. The molecule has 145 valence electrons. The van der Waals surface area contributed by atoms with Gasteiger partial charge in [0, 0.05) is 25.2 Å². The summed E-state index contributed by atoms with van der Waals surface area (Å²) < 4.78 is 17.5. The maximum Gasteiger partial charge on any atom is 0.252 e. The predicted molar refractivity (Wildman–Crippen MR) is 103 cm³/mol. The van der Waals surface area contributed by atoms with Crippen LogP contribution in [0, 0.1) is 6.07 Å². The van der Waals surface area contributed by atoms with Crippen LogP contribution in [-0.2, 0) is 13.6 Å². The first-order chi connectivity index (χ1) is 13.5. The topological polar surface area (TPSA) is 87.5 Å². The van der Waals surface area contributed by atoms with Crippen molar-refractivity contribution < 1.29 is 19.0 Å². The molecule has 8 heteroatoms. The lowest BCUT2D eigenvalue weighted by atomic mass is 10.1.